The van der Waals surface area contributed by atoms with Crippen LogP contribution in [0.3, 0.4) is 0 Å². The Labute approximate surface area is 317 Å². The molecule has 0 spiro atoms. The maximum absolute atomic E-state index is 13.6. The molecule has 1 aliphatic heterocycles. The van der Waals surface area contributed by atoms with Gasteiger partial charge in [0, 0.05) is 26.3 Å². The monoisotopic (exact) mass is 798 g/mol. The van der Waals surface area contributed by atoms with Gasteiger partial charge in [-0.25, -0.2) is 4.57 Å². The topological polar surface area (TPSA) is 339 Å². The number of hydrogen-bond donors (Lipinski definition) is 10. The lowest BCUT2D eigenvalue weighted by molar-refractivity contribution is -0.142. The van der Waals surface area contributed by atoms with Crippen LogP contribution in [0.15, 0.2) is 24.3 Å². The van der Waals surface area contributed by atoms with E-state index in [0.717, 1.165) is 0 Å². The van der Waals surface area contributed by atoms with Crippen LogP contribution in [0.5, 0.6) is 5.75 Å². The standard InChI is InChI=1S/C33H51N8O13P/c1-16(2)26(28(35)45)39-32(49)27(18(4)42)40-29(46)22(12-13-25(34)44)38-31(48)24-7-6-14-41(24)33(50)17(3)36-30(47)23(37-19(5)43)15-20-8-10-21(11-9-20)54-55(51,52)53/h8-11,16-18,22-24,26-27,42H,6-7,12-15H2,1-5H3,(H2,34,44)(H2,35,45)(H,36,47)(H,37,43)(H,38,48)(H,39,49)(H,40,46)(H2,51,52,53)/t17-,18+,22-,23-,24+,26-,27-/m0/s1. The van der Waals surface area contributed by atoms with Crippen molar-refractivity contribution in [2.45, 2.75) is 109 Å². The lowest BCUT2D eigenvalue weighted by Crippen LogP contribution is -2.61. The summed E-state index contributed by atoms with van der Waals surface area (Å²) in [4.78, 5) is 121. The summed E-state index contributed by atoms with van der Waals surface area (Å²) in [6, 6.07) is -2.30. The van der Waals surface area contributed by atoms with Gasteiger partial charge in [-0.15, -0.1) is 0 Å². The van der Waals surface area contributed by atoms with Gasteiger partial charge in [0.15, 0.2) is 0 Å². The molecule has 1 heterocycles. The summed E-state index contributed by atoms with van der Waals surface area (Å²) >= 11 is 0. The highest BCUT2D eigenvalue weighted by atomic mass is 31.2. The van der Waals surface area contributed by atoms with E-state index in [1.54, 1.807) is 13.8 Å². The molecule has 0 unspecified atom stereocenters. The van der Waals surface area contributed by atoms with Gasteiger partial charge in [-0.05, 0) is 56.7 Å². The van der Waals surface area contributed by atoms with E-state index in [9.17, 15) is 48.0 Å². The second-order valence-electron chi connectivity index (χ2n) is 13.5. The zero-order valence-corrected chi connectivity index (χ0v) is 32.0. The van der Waals surface area contributed by atoms with Gasteiger partial charge in [-0.3, -0.25) is 48.1 Å². The van der Waals surface area contributed by atoms with Crippen molar-refractivity contribution in [3.63, 3.8) is 0 Å². The molecule has 0 aliphatic carbocycles. The highest BCUT2D eigenvalue weighted by Gasteiger charge is 2.39. The van der Waals surface area contributed by atoms with Crippen LogP contribution in [-0.4, -0.2) is 116 Å². The molecule has 0 bridgehead atoms. The Morgan fingerprint density at radius 1 is 0.855 bits per heavy atom. The number of likely N-dealkylation sites (tertiary alicyclic amines) is 1. The van der Waals surface area contributed by atoms with Crippen molar-refractivity contribution in [3.8, 4) is 5.75 Å². The minimum atomic E-state index is -4.80. The number of aliphatic hydroxyl groups is 1. The normalized spacial score (nSPS) is 17.4. The van der Waals surface area contributed by atoms with E-state index in [-0.39, 0.29) is 38.0 Å². The van der Waals surface area contributed by atoms with Gasteiger partial charge < -0.3 is 52.6 Å². The van der Waals surface area contributed by atoms with Crippen LogP contribution in [0.2, 0.25) is 0 Å². The molecular formula is C33H51N8O13P. The van der Waals surface area contributed by atoms with E-state index in [1.807, 2.05) is 0 Å². The van der Waals surface area contributed by atoms with E-state index in [0.29, 0.717) is 12.0 Å². The van der Waals surface area contributed by atoms with Crippen LogP contribution in [0.4, 0.5) is 0 Å². The quantitative estimate of drug-likeness (QED) is 0.0587. The summed E-state index contributed by atoms with van der Waals surface area (Å²) in [5.41, 5.74) is 11.1. The third-order valence-electron chi connectivity index (χ3n) is 8.50. The zero-order chi connectivity index (χ0) is 41.8. The summed E-state index contributed by atoms with van der Waals surface area (Å²) in [6.45, 7) is 7.11. The molecule has 12 N–H and O–H groups in total. The molecule has 21 nitrogen and oxygen atoms in total. The number of phosphoric acid groups is 1. The molecular weight excluding hydrogens is 747 g/mol. The van der Waals surface area contributed by atoms with Gasteiger partial charge in [0.1, 0.15) is 42.0 Å². The predicted molar refractivity (Wildman–Crippen MR) is 193 cm³/mol. The Balaban J connectivity index is 2.18. The van der Waals surface area contributed by atoms with E-state index in [4.69, 9.17) is 21.3 Å². The molecule has 1 saturated heterocycles. The summed E-state index contributed by atoms with van der Waals surface area (Å²) in [7, 11) is -4.80. The SMILES string of the molecule is CC(=O)N[C@@H](Cc1ccc(OP(=O)(O)O)cc1)C(=O)N[C@@H](C)C(=O)N1CCC[C@@H]1C(=O)N[C@@H](CCC(N)=O)C(=O)N[C@H](C(=O)N[C@H](C(N)=O)C(C)C)[C@@H](C)O. The van der Waals surface area contributed by atoms with Crippen molar-refractivity contribution in [1.82, 2.24) is 31.5 Å². The predicted octanol–water partition coefficient (Wildman–Crippen LogP) is -3.06. The lowest BCUT2D eigenvalue weighted by atomic mass is 10.0. The number of nitrogens with zero attached hydrogens (tertiary/aromatic N) is 1. The average molecular weight is 799 g/mol. The van der Waals surface area contributed by atoms with Crippen LogP contribution in [0, 0.1) is 5.92 Å². The smallest absolute Gasteiger partial charge is 0.404 e. The Bertz CT molecular complexity index is 1630. The first kappa shape index (κ1) is 46.0. The molecule has 0 aromatic heterocycles. The van der Waals surface area contributed by atoms with Gasteiger partial charge in [0.25, 0.3) is 0 Å². The lowest BCUT2D eigenvalue weighted by Gasteiger charge is -2.30. The average Bonchev–Trinajstić information content (AvgIpc) is 3.56. The number of benzene rings is 1. The number of amides is 8. The number of hydrogen-bond acceptors (Lipinski definition) is 11. The highest BCUT2D eigenvalue weighted by molar-refractivity contribution is 7.46. The fourth-order valence-electron chi connectivity index (χ4n) is 5.73. The van der Waals surface area contributed by atoms with Gasteiger partial charge in [-0.2, -0.15) is 0 Å². The van der Waals surface area contributed by atoms with Crippen LogP contribution in [0.1, 0.15) is 65.9 Å². The van der Waals surface area contributed by atoms with E-state index in [1.165, 1.54) is 49.9 Å². The molecule has 1 aromatic carbocycles. The molecule has 2 rings (SSSR count). The van der Waals surface area contributed by atoms with Crippen molar-refractivity contribution in [3.05, 3.63) is 29.8 Å². The first-order chi connectivity index (χ1) is 25.5. The number of nitrogens with two attached hydrogens (primary N) is 2. The number of carbonyl (C=O) groups excluding carboxylic acids is 8. The molecule has 1 aromatic rings. The largest absolute Gasteiger partial charge is 0.524 e. The van der Waals surface area contributed by atoms with E-state index >= 15 is 0 Å². The van der Waals surface area contributed by atoms with Crippen molar-refractivity contribution in [1.29, 1.82) is 0 Å². The summed E-state index contributed by atoms with van der Waals surface area (Å²) in [5.74, 6) is -6.86. The van der Waals surface area contributed by atoms with E-state index in [2.05, 4.69) is 31.1 Å². The van der Waals surface area contributed by atoms with Gasteiger partial charge in [0.2, 0.25) is 47.3 Å². The number of nitrogens with one attached hydrogen (secondary N) is 5. The molecule has 8 amide bonds. The Hall–Kier alpha value is -5.11. The minimum absolute atomic E-state index is 0.0763. The Kier molecular flexibility index (Phi) is 17.2. The highest BCUT2D eigenvalue weighted by Crippen LogP contribution is 2.37. The van der Waals surface area contributed by atoms with Gasteiger partial charge in [0.05, 0.1) is 6.10 Å². The summed E-state index contributed by atoms with van der Waals surface area (Å²) < 4.78 is 15.6. The third kappa shape index (κ3) is 14.9. The number of phosphoric ester groups is 1. The fourth-order valence-corrected chi connectivity index (χ4v) is 6.13. The first-order valence-corrected chi connectivity index (χ1v) is 18.9. The molecule has 0 radical (unpaired) electrons. The summed E-state index contributed by atoms with van der Waals surface area (Å²) in [5, 5.41) is 22.5. The Morgan fingerprint density at radius 3 is 1.95 bits per heavy atom. The van der Waals surface area contributed by atoms with Gasteiger partial charge in [-0.1, -0.05) is 26.0 Å². The summed E-state index contributed by atoms with van der Waals surface area (Å²) in [6.07, 6.45) is -1.68. The first-order valence-electron chi connectivity index (χ1n) is 17.4. The van der Waals surface area contributed by atoms with E-state index < -0.39 is 103 Å². The number of aliphatic hydroxyl groups excluding tert-OH is 1. The molecule has 7 atom stereocenters. The maximum atomic E-state index is 13.6. The minimum Gasteiger partial charge on any atom is -0.404 e. The zero-order valence-electron chi connectivity index (χ0n) is 31.1. The van der Waals surface area contributed by atoms with Gasteiger partial charge >= 0.3 is 7.82 Å². The molecule has 1 aliphatic rings. The number of primary amides is 2. The number of rotatable bonds is 20. The maximum Gasteiger partial charge on any atom is 0.524 e. The molecule has 55 heavy (non-hydrogen) atoms. The second-order valence-corrected chi connectivity index (χ2v) is 14.7. The van der Waals surface area contributed by atoms with Crippen LogP contribution >= 0.6 is 7.82 Å². The number of carbonyl (C=O) groups is 8. The van der Waals surface area contributed by atoms with Crippen LogP contribution < -0.4 is 42.6 Å². The third-order valence-corrected chi connectivity index (χ3v) is 8.94. The molecule has 306 valence electrons. The van der Waals surface area contributed by atoms with Crippen LogP contribution in [0.25, 0.3) is 0 Å². The Morgan fingerprint density at radius 2 is 1.44 bits per heavy atom. The molecule has 22 heteroatoms. The molecule has 0 saturated carbocycles. The van der Waals surface area contributed by atoms with Crippen molar-refractivity contribution in [2.75, 3.05) is 6.54 Å². The van der Waals surface area contributed by atoms with Crippen molar-refractivity contribution < 1.29 is 62.3 Å². The van der Waals surface area contributed by atoms with Crippen LogP contribution in [-0.2, 0) is 49.3 Å². The molecule has 1 fully saturated rings. The van der Waals surface area contributed by atoms with Crippen molar-refractivity contribution >= 4 is 55.1 Å². The second kappa shape index (κ2) is 20.5. The van der Waals surface area contributed by atoms with Crippen molar-refractivity contribution in [2.24, 2.45) is 17.4 Å². The fraction of sp³-hybridized carbons (Fsp3) is 0.576.